The van der Waals surface area contributed by atoms with E-state index in [4.69, 9.17) is 19.3 Å². The number of carboxylic acid groups (broad SMARTS) is 1. The van der Waals surface area contributed by atoms with E-state index in [1.165, 1.54) is 18.2 Å². The Hall–Kier alpha value is -3.22. The first-order valence-corrected chi connectivity index (χ1v) is 7.79. The standard InChI is InChI=1S/C18H17NO6/c1-2-23-14-10-16-15(24-6-7-25-16)9-13(14)19-17(20)11-4-3-5-12(8-11)18(21)22/h3-5,8-10H,2,6-7H2,1H3,(H,19,20)(H,21,22). The van der Waals surface area contributed by atoms with Crippen molar-refractivity contribution >= 4 is 17.6 Å². The first-order chi connectivity index (χ1) is 12.1. The summed E-state index contributed by atoms with van der Waals surface area (Å²) < 4.78 is 16.6. The van der Waals surface area contributed by atoms with Crippen molar-refractivity contribution in [2.24, 2.45) is 0 Å². The molecule has 0 saturated carbocycles. The van der Waals surface area contributed by atoms with Crippen LogP contribution >= 0.6 is 0 Å². The Bertz CT molecular complexity index is 817. The third kappa shape index (κ3) is 3.65. The summed E-state index contributed by atoms with van der Waals surface area (Å²) in [6, 6.07) is 9.11. The Morgan fingerprint density at radius 2 is 1.80 bits per heavy atom. The van der Waals surface area contributed by atoms with Gasteiger partial charge in [0.05, 0.1) is 17.9 Å². The molecule has 1 amide bonds. The number of amides is 1. The molecule has 0 atom stereocenters. The maximum Gasteiger partial charge on any atom is 0.335 e. The zero-order valence-corrected chi connectivity index (χ0v) is 13.6. The van der Waals surface area contributed by atoms with E-state index < -0.39 is 11.9 Å². The number of aromatic carboxylic acids is 1. The molecule has 7 nitrogen and oxygen atoms in total. The number of ether oxygens (including phenoxy) is 3. The summed E-state index contributed by atoms with van der Waals surface area (Å²) in [6.07, 6.45) is 0. The Labute approximate surface area is 144 Å². The van der Waals surface area contributed by atoms with E-state index in [0.29, 0.717) is 42.8 Å². The molecule has 0 aliphatic carbocycles. The number of fused-ring (bicyclic) bond motifs is 1. The second-order valence-electron chi connectivity index (χ2n) is 5.27. The zero-order chi connectivity index (χ0) is 17.8. The van der Waals surface area contributed by atoms with Gasteiger partial charge < -0.3 is 24.6 Å². The molecule has 2 N–H and O–H groups in total. The van der Waals surface area contributed by atoms with E-state index in [-0.39, 0.29) is 11.1 Å². The van der Waals surface area contributed by atoms with E-state index in [1.54, 1.807) is 18.2 Å². The lowest BCUT2D eigenvalue weighted by Crippen LogP contribution is -2.17. The number of hydrogen-bond donors (Lipinski definition) is 2. The minimum Gasteiger partial charge on any atom is -0.492 e. The molecule has 2 aromatic rings. The van der Waals surface area contributed by atoms with Crippen LogP contribution in [-0.2, 0) is 0 Å². The highest BCUT2D eigenvalue weighted by atomic mass is 16.6. The van der Waals surface area contributed by atoms with Crippen molar-refractivity contribution in [3.63, 3.8) is 0 Å². The number of rotatable bonds is 5. The van der Waals surface area contributed by atoms with Gasteiger partial charge in [0.2, 0.25) is 0 Å². The summed E-state index contributed by atoms with van der Waals surface area (Å²) in [7, 11) is 0. The van der Waals surface area contributed by atoms with Gasteiger partial charge >= 0.3 is 5.97 Å². The second-order valence-corrected chi connectivity index (χ2v) is 5.27. The van der Waals surface area contributed by atoms with Crippen molar-refractivity contribution in [3.05, 3.63) is 47.5 Å². The van der Waals surface area contributed by atoms with Crippen LogP contribution in [-0.4, -0.2) is 36.8 Å². The molecule has 0 saturated heterocycles. The summed E-state index contributed by atoms with van der Waals surface area (Å²) in [6.45, 7) is 3.12. The van der Waals surface area contributed by atoms with Gasteiger partial charge in [0, 0.05) is 17.7 Å². The van der Waals surface area contributed by atoms with Crippen molar-refractivity contribution < 1.29 is 28.9 Å². The van der Waals surface area contributed by atoms with Crippen LogP contribution in [0.15, 0.2) is 36.4 Å². The minimum atomic E-state index is -1.09. The maximum absolute atomic E-state index is 12.5. The molecule has 0 unspecified atom stereocenters. The average molecular weight is 343 g/mol. The van der Waals surface area contributed by atoms with Crippen LogP contribution < -0.4 is 19.5 Å². The lowest BCUT2D eigenvalue weighted by Gasteiger charge is -2.21. The molecule has 3 rings (SSSR count). The number of hydrogen-bond acceptors (Lipinski definition) is 5. The molecule has 1 heterocycles. The fraction of sp³-hybridized carbons (Fsp3) is 0.222. The molecule has 0 bridgehead atoms. The highest BCUT2D eigenvalue weighted by Gasteiger charge is 2.19. The molecule has 7 heteroatoms. The molecular weight excluding hydrogens is 326 g/mol. The van der Waals surface area contributed by atoms with Gasteiger partial charge in [-0.25, -0.2) is 4.79 Å². The molecule has 25 heavy (non-hydrogen) atoms. The Kier molecular flexibility index (Phi) is 4.74. The SMILES string of the molecule is CCOc1cc2c(cc1NC(=O)c1cccc(C(=O)O)c1)OCCO2. The van der Waals surface area contributed by atoms with E-state index in [2.05, 4.69) is 5.32 Å². The van der Waals surface area contributed by atoms with Crippen LogP contribution in [0.4, 0.5) is 5.69 Å². The quantitative estimate of drug-likeness (QED) is 0.867. The second kappa shape index (κ2) is 7.12. The Morgan fingerprint density at radius 3 is 2.48 bits per heavy atom. The number of carbonyl (C=O) groups is 2. The molecule has 0 fully saturated rings. The van der Waals surface area contributed by atoms with Gasteiger partial charge in [0.25, 0.3) is 5.91 Å². The van der Waals surface area contributed by atoms with Crippen LogP contribution in [0.1, 0.15) is 27.6 Å². The third-order valence-corrected chi connectivity index (χ3v) is 3.56. The summed E-state index contributed by atoms with van der Waals surface area (Å²) >= 11 is 0. The smallest absolute Gasteiger partial charge is 0.335 e. The van der Waals surface area contributed by atoms with Crippen molar-refractivity contribution in [2.75, 3.05) is 25.1 Å². The van der Waals surface area contributed by atoms with Crippen molar-refractivity contribution in [1.82, 2.24) is 0 Å². The van der Waals surface area contributed by atoms with Gasteiger partial charge in [0.15, 0.2) is 11.5 Å². The van der Waals surface area contributed by atoms with Crippen LogP contribution in [0.2, 0.25) is 0 Å². The van der Waals surface area contributed by atoms with Crippen LogP contribution in [0.3, 0.4) is 0 Å². The van der Waals surface area contributed by atoms with Crippen molar-refractivity contribution in [1.29, 1.82) is 0 Å². The largest absolute Gasteiger partial charge is 0.492 e. The fourth-order valence-electron chi connectivity index (χ4n) is 2.43. The minimum absolute atomic E-state index is 0.0415. The molecule has 130 valence electrons. The van der Waals surface area contributed by atoms with Crippen LogP contribution in [0.5, 0.6) is 17.2 Å². The fourth-order valence-corrected chi connectivity index (χ4v) is 2.43. The molecule has 1 aliphatic rings. The molecular formula is C18H17NO6. The van der Waals surface area contributed by atoms with Gasteiger partial charge in [-0.1, -0.05) is 6.07 Å². The van der Waals surface area contributed by atoms with Gasteiger partial charge in [-0.3, -0.25) is 4.79 Å². The topological polar surface area (TPSA) is 94.1 Å². The number of carbonyl (C=O) groups excluding carboxylic acids is 1. The zero-order valence-electron chi connectivity index (χ0n) is 13.6. The molecule has 1 aliphatic heterocycles. The van der Waals surface area contributed by atoms with Crippen molar-refractivity contribution in [2.45, 2.75) is 6.92 Å². The predicted octanol–water partition coefficient (Wildman–Crippen LogP) is 2.81. The van der Waals surface area contributed by atoms with Gasteiger partial charge in [-0.05, 0) is 25.1 Å². The summed E-state index contributed by atoms with van der Waals surface area (Å²) in [5.74, 6) is -0.0101. The van der Waals surface area contributed by atoms with Crippen LogP contribution in [0, 0.1) is 0 Å². The predicted molar refractivity (Wildman–Crippen MR) is 90.0 cm³/mol. The number of benzene rings is 2. The van der Waals surface area contributed by atoms with Gasteiger partial charge in [-0.15, -0.1) is 0 Å². The molecule has 0 aromatic heterocycles. The highest BCUT2D eigenvalue weighted by Crippen LogP contribution is 2.39. The maximum atomic E-state index is 12.5. The molecule has 2 aromatic carbocycles. The van der Waals surface area contributed by atoms with E-state index in [0.717, 1.165) is 0 Å². The number of nitrogens with one attached hydrogen (secondary N) is 1. The first-order valence-electron chi connectivity index (χ1n) is 7.79. The van der Waals surface area contributed by atoms with Crippen LogP contribution in [0.25, 0.3) is 0 Å². The average Bonchev–Trinajstić information content (AvgIpc) is 2.62. The summed E-state index contributed by atoms with van der Waals surface area (Å²) in [4.78, 5) is 23.5. The lowest BCUT2D eigenvalue weighted by molar-refractivity contribution is 0.0697. The summed E-state index contributed by atoms with van der Waals surface area (Å²) in [5.41, 5.74) is 0.703. The number of carboxylic acids is 1. The normalized spacial score (nSPS) is 12.4. The van der Waals surface area contributed by atoms with E-state index >= 15 is 0 Å². The van der Waals surface area contributed by atoms with Gasteiger partial charge in [0.1, 0.15) is 19.0 Å². The molecule has 0 radical (unpaired) electrons. The Balaban J connectivity index is 1.89. The lowest BCUT2D eigenvalue weighted by atomic mass is 10.1. The summed E-state index contributed by atoms with van der Waals surface area (Å²) in [5, 5.41) is 11.8. The monoisotopic (exact) mass is 343 g/mol. The van der Waals surface area contributed by atoms with E-state index in [1.807, 2.05) is 6.92 Å². The van der Waals surface area contributed by atoms with E-state index in [9.17, 15) is 9.59 Å². The van der Waals surface area contributed by atoms with Gasteiger partial charge in [-0.2, -0.15) is 0 Å². The highest BCUT2D eigenvalue weighted by molar-refractivity contribution is 6.06. The number of anilines is 1. The molecule has 0 spiro atoms. The van der Waals surface area contributed by atoms with Crippen molar-refractivity contribution in [3.8, 4) is 17.2 Å². The Morgan fingerprint density at radius 1 is 1.12 bits per heavy atom. The third-order valence-electron chi connectivity index (χ3n) is 3.56. The first kappa shape index (κ1) is 16.6.